The summed E-state index contributed by atoms with van der Waals surface area (Å²) in [6.45, 7) is 5.45. The van der Waals surface area contributed by atoms with Gasteiger partial charge in [-0.2, -0.15) is 0 Å². The van der Waals surface area contributed by atoms with Gasteiger partial charge in [-0.1, -0.05) is 48.5 Å². The number of rotatable bonds is 2. The molecule has 0 saturated carbocycles. The van der Waals surface area contributed by atoms with Gasteiger partial charge in [0.05, 0.1) is 0 Å². The largest absolute Gasteiger partial charge is 0.374 e. The molecule has 0 radical (unpaired) electrons. The highest BCUT2D eigenvalue weighted by Crippen LogP contribution is 2.37. The van der Waals surface area contributed by atoms with Crippen LogP contribution in [0.4, 0.5) is 5.69 Å². The van der Waals surface area contributed by atoms with Crippen LogP contribution in [0.15, 0.2) is 48.5 Å². The number of hydrogen-bond acceptors (Lipinski definition) is 1. The summed E-state index contributed by atoms with van der Waals surface area (Å²) >= 11 is 0. The van der Waals surface area contributed by atoms with E-state index in [1.165, 1.54) is 32.8 Å². The molecule has 0 unspecified atom stereocenters. The maximum Gasteiger partial charge on any atom is 0.0479 e. The fraction of sp³-hybridized carbons (Fsp3) is 0.222. The van der Waals surface area contributed by atoms with Gasteiger partial charge < -0.3 is 4.90 Å². The Bertz CT molecular complexity index is 743. The van der Waals surface area contributed by atoms with Crippen molar-refractivity contribution in [2.24, 2.45) is 0 Å². The van der Waals surface area contributed by atoms with Crippen LogP contribution in [0.3, 0.4) is 0 Å². The molecule has 96 valence electrons. The second-order valence-corrected chi connectivity index (χ2v) is 5.08. The predicted molar refractivity (Wildman–Crippen MR) is 85.1 cm³/mol. The third-order valence-corrected chi connectivity index (χ3v) is 4.01. The van der Waals surface area contributed by atoms with E-state index in [0.717, 1.165) is 6.54 Å². The highest BCUT2D eigenvalue weighted by atomic mass is 15.1. The van der Waals surface area contributed by atoms with E-state index < -0.39 is 0 Å². The zero-order chi connectivity index (χ0) is 13.4. The molecule has 0 amide bonds. The Labute approximate surface area is 114 Å². The minimum Gasteiger partial charge on any atom is -0.374 e. The van der Waals surface area contributed by atoms with Gasteiger partial charge in [-0.05, 0) is 35.6 Å². The molecule has 3 aromatic carbocycles. The topological polar surface area (TPSA) is 3.24 Å². The summed E-state index contributed by atoms with van der Waals surface area (Å²) < 4.78 is 0. The summed E-state index contributed by atoms with van der Waals surface area (Å²) in [4.78, 5) is 2.34. The molecule has 0 atom stereocenters. The van der Waals surface area contributed by atoms with Crippen LogP contribution in [-0.2, 0) is 0 Å². The van der Waals surface area contributed by atoms with Gasteiger partial charge in [0.25, 0.3) is 0 Å². The zero-order valence-electron chi connectivity index (χ0n) is 11.8. The summed E-state index contributed by atoms with van der Waals surface area (Å²) in [6.07, 6.45) is 0. The van der Waals surface area contributed by atoms with Crippen molar-refractivity contribution >= 4 is 27.2 Å². The van der Waals surface area contributed by atoms with E-state index >= 15 is 0 Å². The number of benzene rings is 3. The lowest BCUT2D eigenvalue weighted by Gasteiger charge is -2.23. The minimum atomic E-state index is 1.02. The van der Waals surface area contributed by atoms with Crippen LogP contribution in [0.1, 0.15) is 12.5 Å². The van der Waals surface area contributed by atoms with Crippen LogP contribution in [0.2, 0.25) is 0 Å². The molecule has 3 aromatic rings. The first-order valence-electron chi connectivity index (χ1n) is 6.85. The first-order valence-corrected chi connectivity index (χ1v) is 6.85. The molecule has 0 bridgehead atoms. The van der Waals surface area contributed by atoms with E-state index in [1.807, 2.05) is 0 Å². The molecule has 0 N–H and O–H groups in total. The lowest BCUT2D eigenvalue weighted by molar-refractivity contribution is 0.969. The van der Waals surface area contributed by atoms with E-state index in [9.17, 15) is 0 Å². The van der Waals surface area contributed by atoms with Crippen LogP contribution in [-0.4, -0.2) is 13.6 Å². The van der Waals surface area contributed by atoms with Gasteiger partial charge in [0, 0.05) is 24.7 Å². The number of nitrogens with zero attached hydrogens (tertiary/aromatic N) is 1. The molecule has 0 fully saturated rings. The van der Waals surface area contributed by atoms with Crippen LogP contribution >= 0.6 is 0 Å². The van der Waals surface area contributed by atoms with Gasteiger partial charge in [0.2, 0.25) is 0 Å². The molecule has 0 aliphatic rings. The van der Waals surface area contributed by atoms with Crippen molar-refractivity contribution in [2.45, 2.75) is 13.8 Å². The van der Waals surface area contributed by atoms with Gasteiger partial charge in [-0.15, -0.1) is 0 Å². The molecular formula is C18H19N. The smallest absolute Gasteiger partial charge is 0.0479 e. The van der Waals surface area contributed by atoms with Crippen molar-refractivity contribution in [1.29, 1.82) is 0 Å². The fourth-order valence-corrected chi connectivity index (χ4v) is 2.95. The second-order valence-electron chi connectivity index (χ2n) is 5.08. The summed E-state index contributed by atoms with van der Waals surface area (Å²) in [6, 6.07) is 17.4. The summed E-state index contributed by atoms with van der Waals surface area (Å²) in [7, 11) is 2.17. The van der Waals surface area contributed by atoms with Crippen molar-refractivity contribution in [3.8, 4) is 0 Å². The first-order chi connectivity index (χ1) is 9.24. The van der Waals surface area contributed by atoms with E-state index in [-0.39, 0.29) is 0 Å². The molecule has 0 heterocycles. The van der Waals surface area contributed by atoms with Gasteiger partial charge in [0.1, 0.15) is 0 Å². The molecule has 0 aromatic heterocycles. The number of hydrogen-bond donors (Lipinski definition) is 0. The average molecular weight is 249 g/mol. The van der Waals surface area contributed by atoms with Crippen LogP contribution < -0.4 is 4.90 Å². The molecule has 0 aliphatic carbocycles. The monoisotopic (exact) mass is 249 g/mol. The van der Waals surface area contributed by atoms with Gasteiger partial charge >= 0.3 is 0 Å². The predicted octanol–water partition coefficient (Wildman–Crippen LogP) is 4.76. The lowest BCUT2D eigenvalue weighted by atomic mass is 9.95. The first kappa shape index (κ1) is 12.0. The normalized spacial score (nSPS) is 11.1. The third-order valence-electron chi connectivity index (χ3n) is 4.01. The average Bonchev–Trinajstić information content (AvgIpc) is 2.47. The van der Waals surface area contributed by atoms with E-state index in [4.69, 9.17) is 0 Å². The minimum absolute atomic E-state index is 1.02. The Hall–Kier alpha value is -2.02. The number of anilines is 1. The Morgan fingerprint density at radius 1 is 0.789 bits per heavy atom. The zero-order valence-corrected chi connectivity index (χ0v) is 11.8. The molecular weight excluding hydrogens is 230 g/mol. The Kier molecular flexibility index (Phi) is 2.90. The van der Waals surface area contributed by atoms with Crippen LogP contribution in [0.25, 0.3) is 21.5 Å². The van der Waals surface area contributed by atoms with Gasteiger partial charge in [-0.3, -0.25) is 0 Å². The maximum absolute atomic E-state index is 2.34. The standard InChI is InChI=1S/C18H19N/c1-4-19(3)18-13(2)14-9-5-6-10-15(14)16-11-7-8-12-17(16)18/h5-12H,4H2,1-3H3. The lowest BCUT2D eigenvalue weighted by Crippen LogP contribution is -2.17. The number of fused-ring (bicyclic) bond motifs is 3. The maximum atomic E-state index is 2.34. The fourth-order valence-electron chi connectivity index (χ4n) is 2.95. The summed E-state index contributed by atoms with van der Waals surface area (Å²) in [5, 5.41) is 5.41. The van der Waals surface area contributed by atoms with Crippen molar-refractivity contribution in [3.05, 3.63) is 54.1 Å². The highest BCUT2D eigenvalue weighted by Gasteiger charge is 2.12. The Balaban J connectivity index is 2.55. The van der Waals surface area contributed by atoms with Crippen LogP contribution in [0, 0.1) is 6.92 Å². The van der Waals surface area contributed by atoms with Crippen molar-refractivity contribution in [1.82, 2.24) is 0 Å². The molecule has 19 heavy (non-hydrogen) atoms. The third kappa shape index (κ3) is 1.77. The van der Waals surface area contributed by atoms with E-state index in [1.54, 1.807) is 0 Å². The van der Waals surface area contributed by atoms with E-state index in [0.29, 0.717) is 0 Å². The van der Waals surface area contributed by atoms with Crippen molar-refractivity contribution in [2.75, 3.05) is 18.5 Å². The quantitative estimate of drug-likeness (QED) is 0.592. The second kappa shape index (κ2) is 4.58. The summed E-state index contributed by atoms with van der Waals surface area (Å²) in [5.41, 5.74) is 2.73. The molecule has 0 saturated heterocycles. The molecule has 0 aliphatic heterocycles. The van der Waals surface area contributed by atoms with Crippen LogP contribution in [0.5, 0.6) is 0 Å². The molecule has 3 rings (SSSR count). The SMILES string of the molecule is CCN(C)c1c(C)c2ccccc2c2ccccc12. The molecule has 1 nitrogen and oxygen atoms in total. The Morgan fingerprint density at radius 2 is 1.26 bits per heavy atom. The van der Waals surface area contributed by atoms with Gasteiger partial charge in [-0.25, -0.2) is 0 Å². The highest BCUT2D eigenvalue weighted by molar-refractivity contribution is 6.15. The van der Waals surface area contributed by atoms with Crippen molar-refractivity contribution in [3.63, 3.8) is 0 Å². The molecule has 0 spiro atoms. The van der Waals surface area contributed by atoms with Gasteiger partial charge in [0.15, 0.2) is 0 Å². The summed E-state index contributed by atoms with van der Waals surface area (Å²) in [5.74, 6) is 0. The van der Waals surface area contributed by atoms with Crippen molar-refractivity contribution < 1.29 is 0 Å². The number of aryl methyl sites for hydroxylation is 1. The molecule has 1 heteroatoms. The van der Waals surface area contributed by atoms with E-state index in [2.05, 4.69) is 74.3 Å². The Morgan fingerprint density at radius 3 is 1.84 bits per heavy atom.